The Morgan fingerprint density at radius 1 is 0.941 bits per heavy atom. The Morgan fingerprint density at radius 3 is 2.50 bits per heavy atom. The smallest absolute Gasteiger partial charge is 0.322 e. The van der Waals surface area contributed by atoms with Crippen molar-refractivity contribution in [1.82, 2.24) is 9.47 Å². The molecule has 0 saturated heterocycles. The zero-order valence-electron chi connectivity index (χ0n) is 19.6. The van der Waals surface area contributed by atoms with Crippen LogP contribution < -0.4 is 10.1 Å². The van der Waals surface area contributed by atoms with Crippen LogP contribution in [0.5, 0.6) is 5.75 Å². The topological polar surface area (TPSA) is 46.5 Å². The maximum Gasteiger partial charge on any atom is 0.322 e. The van der Waals surface area contributed by atoms with Gasteiger partial charge < -0.3 is 19.5 Å². The molecule has 1 aromatic heterocycles. The van der Waals surface area contributed by atoms with Crippen molar-refractivity contribution in [2.75, 3.05) is 11.9 Å². The Kier molecular flexibility index (Phi) is 6.09. The molecule has 3 aromatic carbocycles. The number of hydrogen-bond donors (Lipinski definition) is 1. The van der Waals surface area contributed by atoms with Crippen LogP contribution in [0.4, 0.5) is 10.5 Å². The van der Waals surface area contributed by atoms with Crippen LogP contribution >= 0.6 is 0 Å². The molecule has 0 bridgehead atoms. The van der Waals surface area contributed by atoms with Gasteiger partial charge in [0.1, 0.15) is 5.75 Å². The van der Waals surface area contributed by atoms with Crippen molar-refractivity contribution in [1.29, 1.82) is 0 Å². The van der Waals surface area contributed by atoms with E-state index in [9.17, 15) is 4.79 Å². The molecule has 0 radical (unpaired) electrons. The summed E-state index contributed by atoms with van der Waals surface area (Å²) in [5, 5.41) is 3.20. The van der Waals surface area contributed by atoms with Gasteiger partial charge in [-0.3, -0.25) is 0 Å². The Bertz CT molecular complexity index is 1290. The molecule has 1 N–H and O–H groups in total. The molecule has 5 heteroatoms. The summed E-state index contributed by atoms with van der Waals surface area (Å²) in [5.74, 6) is 0.825. The highest BCUT2D eigenvalue weighted by molar-refractivity contribution is 5.91. The van der Waals surface area contributed by atoms with Gasteiger partial charge in [0, 0.05) is 17.6 Å². The summed E-state index contributed by atoms with van der Waals surface area (Å²) in [4.78, 5) is 15.8. The minimum Gasteiger partial charge on any atom is -0.494 e. The predicted octanol–water partition coefficient (Wildman–Crippen LogP) is 6.58. The summed E-state index contributed by atoms with van der Waals surface area (Å²) in [6, 6.07) is 28.1. The number of rotatable bonds is 5. The fourth-order valence-corrected chi connectivity index (χ4v) is 4.74. The molecular formula is C29H29N3O2. The third-order valence-corrected chi connectivity index (χ3v) is 6.37. The summed E-state index contributed by atoms with van der Waals surface area (Å²) < 4.78 is 7.86. The minimum atomic E-state index is -0.258. The van der Waals surface area contributed by atoms with Crippen molar-refractivity contribution in [2.24, 2.45) is 0 Å². The number of hydrogen-bond acceptors (Lipinski definition) is 2. The van der Waals surface area contributed by atoms with Gasteiger partial charge in [-0.25, -0.2) is 4.79 Å². The van der Waals surface area contributed by atoms with Gasteiger partial charge in [0.15, 0.2) is 0 Å². The van der Waals surface area contributed by atoms with Gasteiger partial charge in [0.05, 0.1) is 24.9 Å². The number of fused-ring (bicyclic) bond motifs is 3. The number of ether oxygens (including phenoxy) is 1. The van der Waals surface area contributed by atoms with Crippen LogP contribution in [0.25, 0.3) is 5.69 Å². The number of anilines is 1. The molecule has 2 heterocycles. The van der Waals surface area contributed by atoms with E-state index < -0.39 is 0 Å². The predicted molar refractivity (Wildman–Crippen MR) is 136 cm³/mol. The first-order chi connectivity index (χ1) is 16.7. The number of aromatic nitrogens is 1. The molecular weight excluding hydrogens is 422 g/mol. The second kappa shape index (κ2) is 9.48. The molecule has 0 aliphatic carbocycles. The molecule has 2 amide bonds. The first-order valence-corrected chi connectivity index (χ1v) is 11.8. The van der Waals surface area contributed by atoms with Crippen molar-refractivity contribution in [3.05, 3.63) is 114 Å². The molecule has 0 spiro atoms. The lowest BCUT2D eigenvalue weighted by Gasteiger charge is -2.31. The highest BCUT2D eigenvalue weighted by atomic mass is 16.5. The van der Waals surface area contributed by atoms with Gasteiger partial charge in [-0.15, -0.1) is 0 Å². The van der Waals surface area contributed by atoms with Gasteiger partial charge in [0.25, 0.3) is 0 Å². The summed E-state index contributed by atoms with van der Waals surface area (Å²) in [6.07, 6.45) is 2.92. The number of benzene rings is 3. The van der Waals surface area contributed by atoms with Crippen LogP contribution in [-0.4, -0.2) is 22.1 Å². The standard InChI is InChI=1S/C29H29N3O2/c1-3-21-10-5-7-12-25(21)30-29(33)32-20-23-11-6-8-13-26(23)31-19-9-14-27(31)28(32)22-15-17-24(18-16-22)34-4-2/h5-19,28H,3-4,20H2,1-2H3,(H,30,33)/t28-/m1/s1. The highest BCUT2D eigenvalue weighted by Crippen LogP contribution is 2.37. The quantitative estimate of drug-likeness (QED) is 0.373. The van der Waals surface area contributed by atoms with Crippen LogP contribution in [0.3, 0.4) is 0 Å². The molecule has 5 rings (SSSR count). The number of urea groups is 1. The second-order valence-corrected chi connectivity index (χ2v) is 8.41. The van der Waals surface area contributed by atoms with E-state index in [0.29, 0.717) is 13.2 Å². The van der Waals surface area contributed by atoms with Crippen molar-refractivity contribution in [3.8, 4) is 11.4 Å². The van der Waals surface area contributed by atoms with Crippen molar-refractivity contribution in [3.63, 3.8) is 0 Å². The van der Waals surface area contributed by atoms with Gasteiger partial charge in [-0.1, -0.05) is 55.5 Å². The number of amides is 2. The van der Waals surface area contributed by atoms with E-state index >= 15 is 0 Å². The van der Waals surface area contributed by atoms with E-state index in [2.05, 4.69) is 59.4 Å². The molecule has 1 aliphatic rings. The minimum absolute atomic E-state index is 0.121. The normalized spacial score (nSPS) is 14.6. The third-order valence-electron chi connectivity index (χ3n) is 6.37. The van der Waals surface area contributed by atoms with Gasteiger partial charge in [0.2, 0.25) is 0 Å². The zero-order valence-corrected chi connectivity index (χ0v) is 19.6. The average Bonchev–Trinajstić information content (AvgIpc) is 3.29. The van der Waals surface area contributed by atoms with Gasteiger partial charge in [-0.05, 0) is 66.4 Å². The van der Waals surface area contributed by atoms with E-state index in [4.69, 9.17) is 4.74 Å². The second-order valence-electron chi connectivity index (χ2n) is 8.41. The summed E-state index contributed by atoms with van der Waals surface area (Å²) in [7, 11) is 0. The number of carbonyl (C=O) groups excluding carboxylic acids is 1. The van der Waals surface area contributed by atoms with Crippen molar-refractivity contribution < 1.29 is 9.53 Å². The van der Waals surface area contributed by atoms with E-state index in [1.54, 1.807) is 0 Å². The molecule has 0 fully saturated rings. The van der Waals surface area contributed by atoms with Crippen LogP contribution in [0, 0.1) is 0 Å². The lowest BCUT2D eigenvalue weighted by Crippen LogP contribution is -2.38. The summed E-state index contributed by atoms with van der Waals surface area (Å²) in [6.45, 7) is 5.19. The summed E-state index contributed by atoms with van der Waals surface area (Å²) >= 11 is 0. The Morgan fingerprint density at radius 2 is 1.71 bits per heavy atom. The largest absolute Gasteiger partial charge is 0.494 e. The number of nitrogens with zero attached hydrogens (tertiary/aromatic N) is 2. The van der Waals surface area contributed by atoms with E-state index in [0.717, 1.165) is 45.9 Å². The van der Waals surface area contributed by atoms with E-state index in [-0.39, 0.29) is 12.1 Å². The lowest BCUT2D eigenvalue weighted by atomic mass is 10.0. The SMILES string of the molecule is CCOc1ccc([C@@H]2c3cccn3-c3ccccc3CN2C(=O)Nc2ccccc2CC)cc1. The van der Waals surface area contributed by atoms with Crippen molar-refractivity contribution in [2.45, 2.75) is 32.9 Å². The van der Waals surface area contributed by atoms with Crippen LogP contribution in [-0.2, 0) is 13.0 Å². The van der Waals surface area contributed by atoms with Gasteiger partial charge >= 0.3 is 6.03 Å². The fourth-order valence-electron chi connectivity index (χ4n) is 4.74. The molecule has 5 nitrogen and oxygen atoms in total. The number of para-hydroxylation sites is 2. The first-order valence-electron chi connectivity index (χ1n) is 11.8. The lowest BCUT2D eigenvalue weighted by molar-refractivity contribution is 0.194. The first kappa shape index (κ1) is 21.8. The Hall–Kier alpha value is -3.99. The molecule has 4 aromatic rings. The molecule has 1 atom stereocenters. The molecule has 0 unspecified atom stereocenters. The third kappa shape index (κ3) is 4.05. The highest BCUT2D eigenvalue weighted by Gasteiger charge is 2.33. The van der Waals surface area contributed by atoms with E-state index in [1.165, 1.54) is 0 Å². The van der Waals surface area contributed by atoms with Crippen LogP contribution in [0.2, 0.25) is 0 Å². The Labute approximate surface area is 200 Å². The molecule has 1 aliphatic heterocycles. The maximum absolute atomic E-state index is 13.9. The number of aryl methyl sites for hydroxylation is 1. The fraction of sp³-hybridized carbons (Fsp3) is 0.207. The van der Waals surface area contributed by atoms with Crippen LogP contribution in [0.15, 0.2) is 91.1 Å². The van der Waals surface area contributed by atoms with E-state index in [1.807, 2.05) is 60.4 Å². The molecule has 0 saturated carbocycles. The van der Waals surface area contributed by atoms with Crippen LogP contribution in [0.1, 0.15) is 42.3 Å². The monoisotopic (exact) mass is 451 g/mol. The number of nitrogens with one attached hydrogen (secondary N) is 1. The maximum atomic E-state index is 13.9. The molecule has 172 valence electrons. The Balaban J connectivity index is 1.60. The summed E-state index contributed by atoms with van der Waals surface area (Å²) in [5.41, 5.74) is 6.26. The molecule has 34 heavy (non-hydrogen) atoms. The van der Waals surface area contributed by atoms with Crippen molar-refractivity contribution >= 4 is 11.7 Å². The van der Waals surface area contributed by atoms with Gasteiger partial charge in [-0.2, -0.15) is 0 Å². The zero-order chi connectivity index (χ0) is 23.5. The average molecular weight is 452 g/mol. The number of carbonyl (C=O) groups is 1.